The van der Waals surface area contributed by atoms with Gasteiger partial charge >= 0.3 is 5.97 Å². The zero-order chi connectivity index (χ0) is 36.3. The SMILES string of the molecule is C=C(O)COc1cccc2c1c(C(=O)C(N)=O)c(C)n2COc1ccccc1OCn1c(C)c(C(=O)C(N)=O)c2c(OCC(=O)O)cccc21. The summed E-state index contributed by atoms with van der Waals surface area (Å²) in [6.45, 7) is 5.34. The number of ether oxygens (including phenoxy) is 4. The second kappa shape index (κ2) is 14.1. The third kappa shape index (κ3) is 6.64. The standard InChI is InChI=1S/C35H32N4O11/c1-18(40)14-47-25-12-6-8-21-30(25)28(32(43)34(36)45)19(2)38(21)16-49-23-10-4-5-11-24(23)50-17-39-20(3)29(33(44)35(37)46)31-22(39)9-7-13-26(31)48-15-27(41)42/h4-13,40H,1,14-17H2,2-3H3,(H2,36,45)(H2,37,46)(H,41,42). The molecule has 5 aromatic rings. The number of benzene rings is 3. The molecule has 2 aromatic heterocycles. The first kappa shape index (κ1) is 34.6. The van der Waals surface area contributed by atoms with E-state index in [0.717, 1.165) is 0 Å². The van der Waals surface area contributed by atoms with Crippen LogP contribution in [0.2, 0.25) is 0 Å². The number of carboxylic acids is 1. The lowest BCUT2D eigenvalue weighted by Gasteiger charge is -2.16. The highest BCUT2D eigenvalue weighted by Crippen LogP contribution is 2.37. The molecular weight excluding hydrogens is 652 g/mol. The Morgan fingerprint density at radius 1 is 0.620 bits per heavy atom. The Labute approximate surface area is 283 Å². The molecule has 15 nitrogen and oxygen atoms in total. The molecule has 0 fully saturated rings. The van der Waals surface area contributed by atoms with E-state index in [0.29, 0.717) is 27.8 Å². The Bertz CT molecular complexity index is 2060. The highest BCUT2D eigenvalue weighted by molar-refractivity contribution is 6.45. The Kier molecular flexibility index (Phi) is 9.78. The molecule has 0 saturated carbocycles. The maximum absolute atomic E-state index is 13.0. The van der Waals surface area contributed by atoms with Gasteiger partial charge in [0, 0.05) is 11.4 Å². The Morgan fingerprint density at radius 2 is 1.02 bits per heavy atom. The fraction of sp³-hybridized carbons (Fsp3) is 0.171. The van der Waals surface area contributed by atoms with E-state index in [4.69, 9.17) is 35.5 Å². The van der Waals surface area contributed by atoms with Gasteiger partial charge in [-0.2, -0.15) is 0 Å². The number of hydrogen-bond acceptors (Lipinski definition) is 10. The number of aliphatic hydroxyl groups is 1. The number of fused-ring (bicyclic) bond motifs is 2. The number of carbonyl (C=O) groups is 5. The largest absolute Gasteiger partial charge is 0.509 e. The van der Waals surface area contributed by atoms with E-state index in [1.165, 1.54) is 6.07 Å². The summed E-state index contributed by atoms with van der Waals surface area (Å²) in [4.78, 5) is 61.1. The minimum atomic E-state index is -1.23. The lowest BCUT2D eigenvalue weighted by molar-refractivity contribution is -0.139. The molecule has 15 heteroatoms. The highest BCUT2D eigenvalue weighted by Gasteiger charge is 2.28. The Hall–Kier alpha value is -6.77. The topological polar surface area (TPSA) is 225 Å². The minimum absolute atomic E-state index is 0.0164. The zero-order valence-electron chi connectivity index (χ0n) is 26.9. The number of carboxylic acid groups (broad SMARTS) is 1. The number of rotatable bonds is 16. The van der Waals surface area contributed by atoms with Crippen LogP contribution in [0.3, 0.4) is 0 Å². The van der Waals surface area contributed by atoms with Crippen LogP contribution in [0.4, 0.5) is 0 Å². The Morgan fingerprint density at radius 3 is 1.40 bits per heavy atom. The van der Waals surface area contributed by atoms with Crippen LogP contribution in [-0.4, -0.2) is 61.9 Å². The predicted molar refractivity (Wildman–Crippen MR) is 178 cm³/mol. The molecular formula is C35H32N4O11. The van der Waals surface area contributed by atoms with Crippen molar-refractivity contribution >= 4 is 51.2 Å². The molecule has 0 aliphatic carbocycles. The second-order valence-electron chi connectivity index (χ2n) is 11.0. The molecule has 0 saturated heterocycles. The van der Waals surface area contributed by atoms with Gasteiger partial charge in [0.25, 0.3) is 23.4 Å². The summed E-state index contributed by atoms with van der Waals surface area (Å²) < 4.78 is 26.7. The van der Waals surface area contributed by atoms with Gasteiger partial charge in [-0.3, -0.25) is 19.2 Å². The number of Topliss-reactive ketones (excluding diaryl/α,β-unsaturated/α-hetero) is 2. The number of ketones is 2. The number of aromatic nitrogens is 2. The fourth-order valence-corrected chi connectivity index (χ4v) is 5.62. The molecule has 0 radical (unpaired) electrons. The summed E-state index contributed by atoms with van der Waals surface area (Å²) >= 11 is 0. The van der Waals surface area contributed by atoms with E-state index >= 15 is 0 Å². The lowest BCUT2D eigenvalue weighted by Crippen LogP contribution is -2.24. The first-order valence-electron chi connectivity index (χ1n) is 14.9. The van der Waals surface area contributed by atoms with Crippen molar-refractivity contribution < 1.29 is 53.1 Å². The first-order chi connectivity index (χ1) is 23.8. The number of carbonyl (C=O) groups excluding carboxylic acids is 4. The summed E-state index contributed by atoms with van der Waals surface area (Å²) in [6, 6.07) is 16.4. The third-order valence-electron chi connectivity index (χ3n) is 7.82. The van der Waals surface area contributed by atoms with Crippen molar-refractivity contribution in [3.05, 3.63) is 95.5 Å². The number of nitrogens with zero attached hydrogens (tertiary/aromatic N) is 2. The molecule has 50 heavy (non-hydrogen) atoms. The van der Waals surface area contributed by atoms with Crippen LogP contribution < -0.4 is 30.4 Å². The average molecular weight is 685 g/mol. The summed E-state index contributed by atoms with van der Waals surface area (Å²) in [6.07, 6.45) is 0. The summed E-state index contributed by atoms with van der Waals surface area (Å²) in [7, 11) is 0. The van der Waals surface area contributed by atoms with Crippen molar-refractivity contribution in [2.45, 2.75) is 27.3 Å². The van der Waals surface area contributed by atoms with Gasteiger partial charge < -0.3 is 49.8 Å². The molecule has 0 unspecified atom stereocenters. The number of para-hydroxylation sites is 2. The maximum Gasteiger partial charge on any atom is 0.341 e. The number of aliphatic hydroxyl groups excluding tert-OH is 1. The van der Waals surface area contributed by atoms with Crippen LogP contribution in [0.15, 0.2) is 73.0 Å². The lowest BCUT2D eigenvalue weighted by atomic mass is 10.1. The maximum atomic E-state index is 13.0. The number of primary amides is 2. The van der Waals surface area contributed by atoms with Crippen molar-refractivity contribution in [3.63, 3.8) is 0 Å². The molecule has 6 N–H and O–H groups in total. The van der Waals surface area contributed by atoms with Gasteiger partial charge in [-0.15, -0.1) is 0 Å². The van der Waals surface area contributed by atoms with Crippen LogP contribution >= 0.6 is 0 Å². The van der Waals surface area contributed by atoms with Gasteiger partial charge in [-0.1, -0.05) is 30.8 Å². The van der Waals surface area contributed by atoms with Crippen molar-refractivity contribution in [2.24, 2.45) is 11.5 Å². The van der Waals surface area contributed by atoms with E-state index in [2.05, 4.69) is 6.58 Å². The monoisotopic (exact) mass is 684 g/mol. The Balaban J connectivity index is 1.49. The van der Waals surface area contributed by atoms with Crippen LogP contribution in [0, 0.1) is 13.8 Å². The molecule has 0 bridgehead atoms. The third-order valence-corrected chi connectivity index (χ3v) is 7.82. The van der Waals surface area contributed by atoms with Crippen molar-refractivity contribution in [1.82, 2.24) is 9.13 Å². The van der Waals surface area contributed by atoms with E-state index in [9.17, 15) is 29.1 Å². The van der Waals surface area contributed by atoms with E-state index in [1.54, 1.807) is 77.6 Å². The molecule has 2 amide bonds. The molecule has 0 aliphatic rings. The fourth-order valence-electron chi connectivity index (χ4n) is 5.62. The van der Waals surface area contributed by atoms with Gasteiger partial charge in [-0.05, 0) is 50.2 Å². The number of amides is 2. The summed E-state index contributed by atoms with van der Waals surface area (Å²) in [5.41, 5.74) is 12.3. The van der Waals surface area contributed by atoms with Crippen molar-refractivity contribution in [1.29, 1.82) is 0 Å². The molecule has 2 heterocycles. The van der Waals surface area contributed by atoms with Crippen molar-refractivity contribution in [2.75, 3.05) is 13.2 Å². The first-order valence-corrected chi connectivity index (χ1v) is 14.9. The van der Waals surface area contributed by atoms with Gasteiger partial charge in [-0.25, -0.2) is 4.79 Å². The minimum Gasteiger partial charge on any atom is -0.509 e. The quantitative estimate of drug-likeness (QED) is 0.0668. The van der Waals surface area contributed by atoms with E-state index in [1.807, 2.05) is 0 Å². The molecule has 3 aromatic carbocycles. The smallest absolute Gasteiger partial charge is 0.341 e. The predicted octanol–water partition coefficient (Wildman–Crippen LogP) is 3.54. The summed E-state index contributed by atoms with van der Waals surface area (Å²) in [5.74, 6) is -4.92. The molecule has 258 valence electrons. The molecule has 0 spiro atoms. The van der Waals surface area contributed by atoms with Crippen molar-refractivity contribution in [3.8, 4) is 23.0 Å². The van der Waals surface area contributed by atoms with Crippen LogP contribution in [0.5, 0.6) is 23.0 Å². The number of hydrogen-bond donors (Lipinski definition) is 4. The number of nitrogens with two attached hydrogens (primary N) is 2. The second-order valence-corrected chi connectivity index (χ2v) is 11.0. The number of aliphatic carboxylic acids is 1. The molecule has 0 atom stereocenters. The van der Waals surface area contributed by atoms with Crippen LogP contribution in [0.1, 0.15) is 32.1 Å². The highest BCUT2D eigenvalue weighted by atomic mass is 16.5. The van der Waals surface area contributed by atoms with Gasteiger partial charge in [0.05, 0.1) is 32.9 Å². The van der Waals surface area contributed by atoms with Crippen LogP contribution in [-0.2, 0) is 27.8 Å². The summed E-state index contributed by atoms with van der Waals surface area (Å²) in [5, 5.41) is 19.2. The normalized spacial score (nSPS) is 10.9. The van der Waals surface area contributed by atoms with Gasteiger partial charge in [0.2, 0.25) is 0 Å². The van der Waals surface area contributed by atoms with Crippen LogP contribution in [0.25, 0.3) is 21.8 Å². The average Bonchev–Trinajstić information content (AvgIpc) is 3.53. The molecule has 0 aliphatic heterocycles. The van der Waals surface area contributed by atoms with Gasteiger partial charge in [0.15, 0.2) is 31.6 Å². The van der Waals surface area contributed by atoms with Gasteiger partial charge in [0.1, 0.15) is 23.9 Å². The van der Waals surface area contributed by atoms with E-state index < -0.39 is 36.0 Å². The zero-order valence-corrected chi connectivity index (χ0v) is 26.9. The molecule has 5 rings (SSSR count). The van der Waals surface area contributed by atoms with E-state index in [-0.39, 0.29) is 65.3 Å².